The van der Waals surface area contributed by atoms with Crippen LogP contribution in [0.15, 0.2) is 52.4 Å². The van der Waals surface area contributed by atoms with Gasteiger partial charge in [-0.2, -0.15) is 9.30 Å². The van der Waals surface area contributed by atoms with Gasteiger partial charge in [-0.25, -0.2) is 8.42 Å². The van der Waals surface area contributed by atoms with Crippen LogP contribution in [-0.2, 0) is 16.6 Å². The molecule has 0 radical (unpaired) electrons. The topological polar surface area (TPSA) is 81.0 Å². The van der Waals surface area contributed by atoms with Crippen molar-refractivity contribution in [2.45, 2.75) is 51.5 Å². The molecule has 3 rings (SSSR count). The van der Waals surface area contributed by atoms with E-state index in [1.807, 2.05) is 36.6 Å². The van der Waals surface area contributed by atoms with Crippen molar-refractivity contribution in [2.75, 3.05) is 20.2 Å². The monoisotopic (exact) mass is 489 g/mol. The number of hydrogen-bond donors (Lipinski definition) is 0. The van der Waals surface area contributed by atoms with Crippen molar-refractivity contribution in [1.82, 2.24) is 8.87 Å². The van der Waals surface area contributed by atoms with E-state index >= 15 is 0 Å². The highest BCUT2D eigenvalue weighted by molar-refractivity contribution is 7.89. The van der Waals surface area contributed by atoms with Gasteiger partial charge in [-0.05, 0) is 55.3 Å². The van der Waals surface area contributed by atoms with E-state index in [9.17, 15) is 13.2 Å². The van der Waals surface area contributed by atoms with Crippen LogP contribution in [0, 0.1) is 0 Å². The smallest absolute Gasteiger partial charge is 0.279 e. The number of nitrogens with zero attached hydrogens (tertiary/aromatic N) is 3. The molecule has 1 heterocycles. The van der Waals surface area contributed by atoms with E-state index in [0.29, 0.717) is 23.5 Å². The zero-order valence-electron chi connectivity index (χ0n) is 19.6. The predicted octanol–water partition coefficient (Wildman–Crippen LogP) is 4.67. The number of amides is 1. The molecule has 0 fully saturated rings. The summed E-state index contributed by atoms with van der Waals surface area (Å²) < 4.78 is 35.6. The maximum atomic E-state index is 12.9. The number of aromatic nitrogens is 1. The normalized spacial score (nSPS) is 12.6. The Balaban J connectivity index is 1.93. The minimum atomic E-state index is -3.59. The number of aryl methyl sites for hydroxylation is 1. The number of thiazole rings is 1. The lowest BCUT2D eigenvalue weighted by molar-refractivity contribution is 0.0997. The Labute approximate surface area is 199 Å². The molecule has 1 aromatic heterocycles. The molecule has 7 nitrogen and oxygen atoms in total. The molecule has 9 heteroatoms. The van der Waals surface area contributed by atoms with Gasteiger partial charge in [-0.15, -0.1) is 0 Å². The van der Waals surface area contributed by atoms with Gasteiger partial charge in [0.1, 0.15) is 5.75 Å². The summed E-state index contributed by atoms with van der Waals surface area (Å²) in [5.74, 6) is 0.350. The number of benzene rings is 2. The first-order chi connectivity index (χ1) is 15.8. The molecule has 0 unspecified atom stereocenters. The summed E-state index contributed by atoms with van der Waals surface area (Å²) in [4.78, 5) is 18.1. The maximum Gasteiger partial charge on any atom is 0.279 e. The molecule has 3 aromatic rings. The molecule has 0 aliphatic rings. The van der Waals surface area contributed by atoms with Gasteiger partial charge in [0.05, 0.1) is 22.2 Å². The maximum absolute atomic E-state index is 12.9. The second-order valence-electron chi connectivity index (χ2n) is 7.66. The van der Waals surface area contributed by atoms with Crippen molar-refractivity contribution < 1.29 is 17.9 Å². The number of rotatable bonds is 10. The Morgan fingerprint density at radius 1 is 1.09 bits per heavy atom. The number of ether oxygens (including phenoxy) is 1. The molecule has 33 heavy (non-hydrogen) atoms. The molecule has 0 saturated carbocycles. The lowest BCUT2D eigenvalue weighted by Gasteiger charge is -2.20. The Kier molecular flexibility index (Phi) is 8.45. The van der Waals surface area contributed by atoms with Gasteiger partial charge in [-0.1, -0.05) is 38.5 Å². The fourth-order valence-corrected chi connectivity index (χ4v) is 6.13. The summed E-state index contributed by atoms with van der Waals surface area (Å²) in [5, 5.41) is 0. The predicted molar refractivity (Wildman–Crippen MR) is 132 cm³/mol. The van der Waals surface area contributed by atoms with E-state index in [2.05, 4.69) is 11.9 Å². The number of unbranched alkanes of at least 4 members (excludes halogenated alkanes) is 1. The molecule has 0 atom stereocenters. The Morgan fingerprint density at radius 3 is 2.42 bits per heavy atom. The third-order valence-corrected chi connectivity index (χ3v) is 8.42. The van der Waals surface area contributed by atoms with Crippen molar-refractivity contribution in [3.05, 3.63) is 52.8 Å². The average Bonchev–Trinajstić information content (AvgIpc) is 3.15. The first-order valence-corrected chi connectivity index (χ1v) is 13.5. The van der Waals surface area contributed by atoms with E-state index in [1.165, 1.54) is 39.9 Å². The number of fused-ring (bicyclic) bond motifs is 1. The van der Waals surface area contributed by atoms with Crippen molar-refractivity contribution >= 4 is 37.5 Å². The van der Waals surface area contributed by atoms with E-state index in [1.54, 1.807) is 7.11 Å². The third-order valence-electron chi connectivity index (χ3n) is 5.39. The summed E-state index contributed by atoms with van der Waals surface area (Å²) in [6, 6.07) is 11.9. The first-order valence-electron chi connectivity index (χ1n) is 11.2. The van der Waals surface area contributed by atoms with Crippen LogP contribution >= 0.6 is 11.3 Å². The zero-order valence-corrected chi connectivity index (χ0v) is 21.2. The van der Waals surface area contributed by atoms with Crippen LogP contribution in [0.1, 0.15) is 50.4 Å². The Bertz CT molecular complexity index is 1280. The van der Waals surface area contributed by atoms with Crippen LogP contribution in [0.3, 0.4) is 0 Å². The Hall–Kier alpha value is -2.49. The molecule has 2 aromatic carbocycles. The molecular weight excluding hydrogens is 458 g/mol. The van der Waals surface area contributed by atoms with Gasteiger partial charge < -0.3 is 9.30 Å². The number of hydrogen-bond acceptors (Lipinski definition) is 5. The van der Waals surface area contributed by atoms with Crippen LogP contribution in [0.2, 0.25) is 0 Å². The molecule has 0 N–H and O–H groups in total. The second-order valence-corrected chi connectivity index (χ2v) is 10.6. The molecule has 0 spiro atoms. The van der Waals surface area contributed by atoms with Crippen molar-refractivity contribution in [2.24, 2.45) is 4.99 Å². The van der Waals surface area contributed by atoms with E-state index < -0.39 is 15.9 Å². The van der Waals surface area contributed by atoms with Crippen LogP contribution in [0.5, 0.6) is 5.75 Å². The second kappa shape index (κ2) is 11.1. The van der Waals surface area contributed by atoms with Crippen molar-refractivity contribution in [1.29, 1.82) is 0 Å². The molecule has 0 aliphatic heterocycles. The molecule has 0 aliphatic carbocycles. The molecular formula is C24H31N3O4S2. The van der Waals surface area contributed by atoms with Gasteiger partial charge in [0.15, 0.2) is 4.80 Å². The minimum Gasteiger partial charge on any atom is -0.497 e. The third kappa shape index (κ3) is 5.54. The SMILES string of the molecule is CCCCN(CC)S(=O)(=O)c1ccc(C(=O)N=c2sc3cc(OC)ccc3n2CCC)cc1. The zero-order chi connectivity index (χ0) is 24.0. The standard InChI is InChI=1S/C24H31N3O4S2/c1-5-8-16-26(7-3)33(29,30)20-12-9-18(10-13-20)23(28)25-24-27(15-6-2)21-14-11-19(31-4)17-22(21)32-24/h9-14,17H,5-8,15-16H2,1-4H3. The van der Waals surface area contributed by atoms with E-state index in [4.69, 9.17) is 4.74 Å². The number of carbonyl (C=O) groups excluding carboxylic acids is 1. The van der Waals surface area contributed by atoms with Crippen LogP contribution in [-0.4, -0.2) is 43.4 Å². The van der Waals surface area contributed by atoms with Crippen molar-refractivity contribution in [3.8, 4) is 5.75 Å². The molecule has 178 valence electrons. The van der Waals surface area contributed by atoms with Gasteiger partial charge in [-0.3, -0.25) is 4.79 Å². The summed E-state index contributed by atoms with van der Waals surface area (Å²) in [6.45, 7) is 7.56. The molecule has 0 bridgehead atoms. The van der Waals surface area contributed by atoms with Crippen molar-refractivity contribution in [3.63, 3.8) is 0 Å². The van der Waals surface area contributed by atoms with Crippen LogP contribution in [0.4, 0.5) is 0 Å². The lowest BCUT2D eigenvalue weighted by atomic mass is 10.2. The quantitative estimate of drug-likeness (QED) is 0.414. The number of carbonyl (C=O) groups is 1. The van der Waals surface area contributed by atoms with E-state index in [-0.39, 0.29) is 4.90 Å². The summed E-state index contributed by atoms with van der Waals surface area (Å²) in [5.41, 5.74) is 1.35. The van der Waals surface area contributed by atoms with Crippen LogP contribution < -0.4 is 9.54 Å². The highest BCUT2D eigenvalue weighted by atomic mass is 32.2. The fraction of sp³-hybridized carbons (Fsp3) is 0.417. The van der Waals surface area contributed by atoms with Crippen LogP contribution in [0.25, 0.3) is 10.2 Å². The summed E-state index contributed by atoms with van der Waals surface area (Å²) in [7, 11) is -1.96. The van der Waals surface area contributed by atoms with Gasteiger partial charge in [0, 0.05) is 25.2 Å². The summed E-state index contributed by atoms with van der Waals surface area (Å²) in [6.07, 6.45) is 2.63. The number of sulfonamides is 1. The number of methoxy groups -OCH3 is 1. The summed E-state index contributed by atoms with van der Waals surface area (Å²) >= 11 is 1.43. The van der Waals surface area contributed by atoms with Gasteiger partial charge in [0.2, 0.25) is 10.0 Å². The Morgan fingerprint density at radius 2 is 1.82 bits per heavy atom. The van der Waals surface area contributed by atoms with Gasteiger partial charge >= 0.3 is 0 Å². The van der Waals surface area contributed by atoms with Gasteiger partial charge in [0.25, 0.3) is 5.91 Å². The fourth-order valence-electron chi connectivity index (χ4n) is 3.56. The average molecular weight is 490 g/mol. The highest BCUT2D eigenvalue weighted by Gasteiger charge is 2.22. The highest BCUT2D eigenvalue weighted by Crippen LogP contribution is 2.23. The largest absolute Gasteiger partial charge is 0.497 e. The molecule has 1 amide bonds. The lowest BCUT2D eigenvalue weighted by Crippen LogP contribution is -2.31. The van der Waals surface area contributed by atoms with E-state index in [0.717, 1.165) is 41.8 Å². The molecule has 0 saturated heterocycles. The first kappa shape index (κ1) is 25.1. The minimum absolute atomic E-state index is 0.187.